The molecule has 1 atom stereocenters. The van der Waals surface area contributed by atoms with Gasteiger partial charge < -0.3 is 9.30 Å². The number of aromatic nitrogens is 2. The number of pyridine rings is 1. The molecule has 1 saturated heterocycles. The fraction of sp³-hybridized carbons (Fsp3) is 0.261. The summed E-state index contributed by atoms with van der Waals surface area (Å²) in [6.07, 6.45) is 3.69. The van der Waals surface area contributed by atoms with Crippen LogP contribution in [0.2, 0.25) is 5.02 Å². The van der Waals surface area contributed by atoms with Crippen LogP contribution in [0.3, 0.4) is 0 Å². The van der Waals surface area contributed by atoms with Gasteiger partial charge >= 0.3 is 0 Å². The third kappa shape index (κ3) is 3.35. The Bertz CT molecular complexity index is 1190. The number of halogens is 3. The van der Waals surface area contributed by atoms with E-state index in [0.717, 1.165) is 52.5 Å². The first-order valence-electron chi connectivity index (χ1n) is 9.70. The van der Waals surface area contributed by atoms with E-state index in [2.05, 4.69) is 55.8 Å². The lowest BCUT2D eigenvalue weighted by molar-refractivity contribution is 0.0553. The summed E-state index contributed by atoms with van der Waals surface area (Å²) in [7, 11) is 0. The minimum Gasteiger partial charge on any atom is -0.381 e. The normalized spacial score (nSPS) is 16.5. The van der Waals surface area contributed by atoms with E-state index in [4.69, 9.17) is 16.3 Å². The highest BCUT2D eigenvalue weighted by Crippen LogP contribution is 2.41. The third-order valence-corrected chi connectivity index (χ3v) is 6.50. The fourth-order valence-electron chi connectivity index (χ4n) is 4.49. The second-order valence-corrected chi connectivity index (χ2v) is 8.80. The van der Waals surface area contributed by atoms with Gasteiger partial charge in [0.05, 0.1) is 27.6 Å². The van der Waals surface area contributed by atoms with Crippen LogP contribution in [0.1, 0.15) is 24.4 Å². The molecule has 5 rings (SSSR count). The molecule has 3 heterocycles. The van der Waals surface area contributed by atoms with Gasteiger partial charge in [-0.15, -0.1) is 0 Å². The van der Waals surface area contributed by atoms with Crippen LogP contribution >= 0.6 is 27.5 Å². The summed E-state index contributed by atoms with van der Waals surface area (Å²) >= 11 is 9.78. The van der Waals surface area contributed by atoms with Crippen molar-refractivity contribution in [1.82, 2.24) is 9.55 Å². The molecule has 1 aliphatic rings. The van der Waals surface area contributed by atoms with Crippen molar-refractivity contribution in [1.29, 1.82) is 0 Å². The predicted octanol–water partition coefficient (Wildman–Crippen LogP) is 6.76. The highest BCUT2D eigenvalue weighted by Gasteiger charge is 2.30. The maximum absolute atomic E-state index is 14.3. The van der Waals surface area contributed by atoms with Gasteiger partial charge in [0.15, 0.2) is 0 Å². The molecule has 0 bridgehead atoms. The first-order chi connectivity index (χ1) is 14.1. The summed E-state index contributed by atoms with van der Waals surface area (Å²) in [6.45, 7) is 1.50. The van der Waals surface area contributed by atoms with Crippen LogP contribution < -0.4 is 0 Å². The van der Waals surface area contributed by atoms with Gasteiger partial charge in [0.2, 0.25) is 0 Å². The quantitative estimate of drug-likeness (QED) is 0.329. The summed E-state index contributed by atoms with van der Waals surface area (Å²) in [5.74, 6) is -0.0296. The minimum atomic E-state index is -0.426. The molecule has 0 radical (unpaired) electrons. The van der Waals surface area contributed by atoms with E-state index in [1.807, 2.05) is 6.07 Å². The maximum atomic E-state index is 14.3. The van der Waals surface area contributed by atoms with Gasteiger partial charge in [0.1, 0.15) is 5.82 Å². The number of benzene rings is 2. The lowest BCUT2D eigenvalue weighted by atomic mass is 9.86. The molecule has 6 heteroatoms. The van der Waals surface area contributed by atoms with Crippen molar-refractivity contribution >= 4 is 49.5 Å². The zero-order chi connectivity index (χ0) is 20.0. The molecule has 2 aromatic carbocycles. The molecule has 0 amide bonds. The van der Waals surface area contributed by atoms with Crippen LogP contribution in [0.5, 0.6) is 0 Å². The standard InChI is InChI=1S/C23H19BrClFN2O/c24-16-10-21-22(27-13-16)17-11-19(26)18(25)12-20(17)28(21)23(14-4-2-1-3-5-14)15-6-8-29-9-7-15/h1-5,10-13,15,23H,6-9H2/t23-/m1/s1. The second-order valence-electron chi connectivity index (χ2n) is 7.48. The average Bonchev–Trinajstić information content (AvgIpc) is 3.03. The van der Waals surface area contributed by atoms with Gasteiger partial charge in [0, 0.05) is 29.3 Å². The van der Waals surface area contributed by atoms with Crippen LogP contribution in [-0.2, 0) is 4.74 Å². The molecule has 0 aliphatic carbocycles. The first kappa shape index (κ1) is 19.0. The number of rotatable bonds is 3. The van der Waals surface area contributed by atoms with Crippen molar-refractivity contribution in [2.75, 3.05) is 13.2 Å². The largest absolute Gasteiger partial charge is 0.381 e. The zero-order valence-electron chi connectivity index (χ0n) is 15.6. The SMILES string of the molecule is Fc1cc2c3ncc(Br)cc3n([C@H](c3ccccc3)C3CCOCC3)c2cc1Cl. The van der Waals surface area contributed by atoms with E-state index < -0.39 is 5.82 Å². The second kappa shape index (κ2) is 7.71. The lowest BCUT2D eigenvalue weighted by Crippen LogP contribution is -2.26. The molecule has 2 aromatic heterocycles. The van der Waals surface area contributed by atoms with Gasteiger partial charge in [-0.3, -0.25) is 4.98 Å². The van der Waals surface area contributed by atoms with E-state index in [-0.39, 0.29) is 11.1 Å². The van der Waals surface area contributed by atoms with Gasteiger partial charge in [-0.25, -0.2) is 4.39 Å². The highest BCUT2D eigenvalue weighted by atomic mass is 79.9. The Morgan fingerprint density at radius 3 is 2.62 bits per heavy atom. The topological polar surface area (TPSA) is 27.1 Å². The Hall–Kier alpha value is -1.95. The molecular weight excluding hydrogens is 455 g/mol. The first-order valence-corrected chi connectivity index (χ1v) is 10.9. The molecule has 0 N–H and O–H groups in total. The molecule has 1 fully saturated rings. The zero-order valence-corrected chi connectivity index (χ0v) is 18.0. The van der Waals surface area contributed by atoms with E-state index in [1.54, 1.807) is 12.3 Å². The molecule has 0 unspecified atom stereocenters. The summed E-state index contributed by atoms with van der Waals surface area (Å²) in [4.78, 5) is 4.62. The van der Waals surface area contributed by atoms with E-state index >= 15 is 0 Å². The fourth-order valence-corrected chi connectivity index (χ4v) is 4.97. The number of fused-ring (bicyclic) bond motifs is 3. The number of hydrogen-bond acceptors (Lipinski definition) is 2. The summed E-state index contributed by atoms with van der Waals surface area (Å²) in [5, 5.41) is 0.904. The lowest BCUT2D eigenvalue weighted by Gasteiger charge is -2.33. The Morgan fingerprint density at radius 1 is 1.10 bits per heavy atom. The monoisotopic (exact) mass is 472 g/mol. The van der Waals surface area contributed by atoms with Crippen LogP contribution in [0.25, 0.3) is 21.9 Å². The molecule has 0 saturated carbocycles. The molecular formula is C23H19BrClFN2O. The Kier molecular flexibility index (Phi) is 5.06. The van der Waals surface area contributed by atoms with Crippen LogP contribution in [0.15, 0.2) is 59.2 Å². The average molecular weight is 474 g/mol. The highest BCUT2D eigenvalue weighted by molar-refractivity contribution is 9.10. The molecule has 148 valence electrons. The maximum Gasteiger partial charge on any atom is 0.142 e. The third-order valence-electron chi connectivity index (χ3n) is 5.78. The van der Waals surface area contributed by atoms with Gasteiger partial charge in [-0.2, -0.15) is 0 Å². The van der Waals surface area contributed by atoms with E-state index in [9.17, 15) is 4.39 Å². The van der Waals surface area contributed by atoms with Crippen molar-refractivity contribution in [3.05, 3.63) is 75.6 Å². The minimum absolute atomic E-state index is 0.0812. The van der Waals surface area contributed by atoms with Crippen molar-refractivity contribution < 1.29 is 9.13 Å². The van der Waals surface area contributed by atoms with Gasteiger partial charge in [0.25, 0.3) is 0 Å². The number of nitrogens with zero attached hydrogens (tertiary/aromatic N) is 2. The molecule has 0 spiro atoms. The van der Waals surface area contributed by atoms with Gasteiger partial charge in [-0.1, -0.05) is 41.9 Å². The molecule has 1 aliphatic heterocycles. The molecule has 4 aromatic rings. The van der Waals surface area contributed by atoms with Crippen LogP contribution in [0, 0.1) is 11.7 Å². The van der Waals surface area contributed by atoms with Crippen LogP contribution in [0.4, 0.5) is 4.39 Å². The molecule has 3 nitrogen and oxygen atoms in total. The number of hydrogen-bond donors (Lipinski definition) is 0. The Balaban J connectivity index is 1.85. The summed E-state index contributed by atoms with van der Waals surface area (Å²) in [6, 6.07) is 15.9. The van der Waals surface area contributed by atoms with Crippen molar-refractivity contribution in [2.24, 2.45) is 5.92 Å². The van der Waals surface area contributed by atoms with Crippen LogP contribution in [-0.4, -0.2) is 22.8 Å². The Morgan fingerprint density at radius 2 is 1.86 bits per heavy atom. The van der Waals surface area contributed by atoms with Gasteiger partial charge in [-0.05, 0) is 58.5 Å². The summed E-state index contributed by atoms with van der Waals surface area (Å²) < 4.78 is 23.2. The summed E-state index contributed by atoms with van der Waals surface area (Å²) in [5.41, 5.74) is 3.87. The molecule has 29 heavy (non-hydrogen) atoms. The van der Waals surface area contributed by atoms with Crippen molar-refractivity contribution in [3.63, 3.8) is 0 Å². The van der Waals surface area contributed by atoms with E-state index in [1.165, 1.54) is 11.6 Å². The smallest absolute Gasteiger partial charge is 0.142 e. The van der Waals surface area contributed by atoms with E-state index in [0.29, 0.717) is 5.92 Å². The van der Waals surface area contributed by atoms with Crippen molar-refractivity contribution in [2.45, 2.75) is 18.9 Å². The number of ether oxygens (including phenoxy) is 1. The Labute approximate surface area is 181 Å². The predicted molar refractivity (Wildman–Crippen MR) is 118 cm³/mol. The van der Waals surface area contributed by atoms with Crippen molar-refractivity contribution in [3.8, 4) is 0 Å².